The molecule has 4 aliphatic rings. The first-order valence-electron chi connectivity index (χ1n) is 12.6. The molecule has 0 aromatic carbocycles. The molecule has 0 aromatic heterocycles. The van der Waals surface area contributed by atoms with Crippen LogP contribution in [0.2, 0.25) is 0 Å². The summed E-state index contributed by atoms with van der Waals surface area (Å²) in [5.74, 6) is 3.53. The molecule has 0 saturated heterocycles. The second kappa shape index (κ2) is 7.73. The average molecular weight is 417 g/mol. The van der Waals surface area contributed by atoms with E-state index in [1.807, 2.05) is 13.8 Å². The van der Waals surface area contributed by atoms with E-state index in [9.17, 15) is 15.0 Å². The fraction of sp³-hybridized carbons (Fsp3) is 0.889. The molecule has 0 heterocycles. The number of carbonyl (C=O) groups excluding carboxylic acids is 1. The number of fused-ring (bicyclic) bond motifs is 5. The van der Waals surface area contributed by atoms with Crippen LogP contribution in [-0.4, -0.2) is 27.7 Å². The summed E-state index contributed by atoms with van der Waals surface area (Å²) in [6, 6.07) is 0. The standard InChI is InChI=1S/C27H44O3/c1-17(24(29)12-13-25(2,3)30)21-8-9-22-20-7-6-18-16-19(28)10-14-26(18,4)23(20)11-15-27(21,22)5/h6,17,20-24,29-30H,7-16H2,1-5H3/t17-,20-,21+,22-,23-,24?,26-,27+/m0/s1. The van der Waals surface area contributed by atoms with Crippen LogP contribution in [0.5, 0.6) is 0 Å². The lowest BCUT2D eigenvalue weighted by Gasteiger charge is -2.58. The number of aliphatic hydroxyl groups is 2. The summed E-state index contributed by atoms with van der Waals surface area (Å²) in [7, 11) is 0. The Balaban J connectivity index is 1.51. The summed E-state index contributed by atoms with van der Waals surface area (Å²) in [6.07, 6.45) is 12.2. The fourth-order valence-corrected chi connectivity index (χ4v) is 8.41. The van der Waals surface area contributed by atoms with E-state index in [1.165, 1.54) is 31.3 Å². The normalized spacial score (nSPS) is 43.3. The predicted octanol–water partition coefficient (Wildman–Crippen LogP) is 5.68. The zero-order valence-electron chi connectivity index (χ0n) is 19.9. The maximum absolute atomic E-state index is 12.1. The van der Waals surface area contributed by atoms with Crippen molar-refractivity contribution in [3.05, 3.63) is 11.6 Å². The van der Waals surface area contributed by atoms with E-state index in [0.29, 0.717) is 36.4 Å². The van der Waals surface area contributed by atoms with Gasteiger partial charge in [0.05, 0.1) is 11.7 Å². The SMILES string of the molecule is C[C@H](C(O)CCC(C)(C)O)[C@H]1CC[C@H]2[C@@H]3CC=C4CC(=O)CC[C@]4(C)[C@H]3CC[C@]12C. The molecule has 3 fully saturated rings. The molecule has 0 bridgehead atoms. The lowest BCUT2D eigenvalue weighted by molar-refractivity contribution is -0.122. The van der Waals surface area contributed by atoms with Crippen molar-refractivity contribution in [1.29, 1.82) is 0 Å². The fourth-order valence-electron chi connectivity index (χ4n) is 8.41. The minimum atomic E-state index is -0.705. The van der Waals surface area contributed by atoms with Gasteiger partial charge in [-0.25, -0.2) is 0 Å². The summed E-state index contributed by atoms with van der Waals surface area (Å²) < 4.78 is 0. The first kappa shape index (κ1) is 22.5. The van der Waals surface area contributed by atoms with Gasteiger partial charge in [-0.3, -0.25) is 4.79 Å². The second-order valence-corrected chi connectivity index (χ2v) is 12.5. The van der Waals surface area contributed by atoms with Gasteiger partial charge in [0.15, 0.2) is 0 Å². The van der Waals surface area contributed by atoms with Crippen LogP contribution in [0.4, 0.5) is 0 Å². The Hall–Kier alpha value is -0.670. The second-order valence-electron chi connectivity index (χ2n) is 12.5. The van der Waals surface area contributed by atoms with E-state index in [2.05, 4.69) is 26.8 Å². The Labute approximate surface area is 183 Å². The molecule has 8 atom stereocenters. The van der Waals surface area contributed by atoms with Crippen molar-refractivity contribution < 1.29 is 15.0 Å². The molecule has 3 heteroatoms. The van der Waals surface area contributed by atoms with Gasteiger partial charge in [0, 0.05) is 12.8 Å². The molecule has 0 amide bonds. The molecule has 0 spiro atoms. The Morgan fingerprint density at radius 3 is 2.60 bits per heavy atom. The van der Waals surface area contributed by atoms with Gasteiger partial charge in [0.2, 0.25) is 0 Å². The minimum Gasteiger partial charge on any atom is -0.393 e. The van der Waals surface area contributed by atoms with Crippen LogP contribution >= 0.6 is 0 Å². The van der Waals surface area contributed by atoms with Crippen LogP contribution < -0.4 is 0 Å². The summed E-state index contributed by atoms with van der Waals surface area (Å²) in [6.45, 7) is 10.9. The molecule has 2 N–H and O–H groups in total. The van der Waals surface area contributed by atoms with Gasteiger partial charge in [-0.15, -0.1) is 0 Å². The number of ketones is 1. The number of carbonyl (C=O) groups is 1. The molecular weight excluding hydrogens is 372 g/mol. The molecule has 4 aliphatic carbocycles. The van der Waals surface area contributed by atoms with Crippen LogP contribution in [0.3, 0.4) is 0 Å². The van der Waals surface area contributed by atoms with Crippen molar-refractivity contribution in [2.45, 2.75) is 111 Å². The van der Waals surface area contributed by atoms with Crippen molar-refractivity contribution in [2.75, 3.05) is 0 Å². The lowest BCUT2D eigenvalue weighted by Crippen LogP contribution is -2.51. The predicted molar refractivity (Wildman–Crippen MR) is 121 cm³/mol. The first-order valence-corrected chi connectivity index (χ1v) is 12.6. The molecule has 30 heavy (non-hydrogen) atoms. The van der Waals surface area contributed by atoms with Gasteiger partial charge in [-0.2, -0.15) is 0 Å². The summed E-state index contributed by atoms with van der Waals surface area (Å²) in [4.78, 5) is 12.1. The molecule has 0 radical (unpaired) electrons. The summed E-state index contributed by atoms with van der Waals surface area (Å²) in [5.41, 5.74) is 1.31. The molecule has 4 rings (SSSR count). The van der Waals surface area contributed by atoms with Gasteiger partial charge in [-0.05, 0) is 106 Å². The van der Waals surface area contributed by atoms with Crippen molar-refractivity contribution in [2.24, 2.45) is 40.4 Å². The average Bonchev–Trinajstić information content (AvgIpc) is 3.02. The van der Waals surface area contributed by atoms with Gasteiger partial charge >= 0.3 is 0 Å². The third-order valence-electron chi connectivity index (χ3n) is 10.3. The Bertz CT molecular complexity index is 703. The van der Waals surface area contributed by atoms with Crippen molar-refractivity contribution in [3.63, 3.8) is 0 Å². The topological polar surface area (TPSA) is 57.5 Å². The van der Waals surface area contributed by atoms with Gasteiger partial charge in [0.25, 0.3) is 0 Å². The highest BCUT2D eigenvalue weighted by Crippen LogP contribution is 2.67. The number of rotatable bonds is 5. The van der Waals surface area contributed by atoms with Crippen LogP contribution in [-0.2, 0) is 4.79 Å². The van der Waals surface area contributed by atoms with Gasteiger partial charge < -0.3 is 10.2 Å². The maximum atomic E-state index is 12.1. The number of hydrogen-bond acceptors (Lipinski definition) is 3. The smallest absolute Gasteiger partial charge is 0.136 e. The molecule has 170 valence electrons. The number of hydrogen-bond donors (Lipinski definition) is 2. The van der Waals surface area contributed by atoms with E-state index in [1.54, 1.807) is 0 Å². The lowest BCUT2D eigenvalue weighted by atomic mass is 9.47. The largest absolute Gasteiger partial charge is 0.393 e. The maximum Gasteiger partial charge on any atom is 0.136 e. The molecule has 0 aliphatic heterocycles. The van der Waals surface area contributed by atoms with Gasteiger partial charge in [0.1, 0.15) is 5.78 Å². The number of aliphatic hydroxyl groups excluding tert-OH is 1. The quantitative estimate of drug-likeness (QED) is 0.567. The summed E-state index contributed by atoms with van der Waals surface area (Å²) in [5, 5.41) is 21.0. The van der Waals surface area contributed by atoms with E-state index >= 15 is 0 Å². The van der Waals surface area contributed by atoms with Crippen molar-refractivity contribution in [1.82, 2.24) is 0 Å². The molecule has 1 unspecified atom stereocenters. The Morgan fingerprint density at radius 2 is 1.90 bits per heavy atom. The van der Waals surface area contributed by atoms with E-state index < -0.39 is 5.60 Å². The van der Waals surface area contributed by atoms with Crippen molar-refractivity contribution in [3.8, 4) is 0 Å². The Morgan fingerprint density at radius 1 is 1.17 bits per heavy atom. The summed E-state index contributed by atoms with van der Waals surface area (Å²) >= 11 is 0. The Kier molecular flexibility index (Phi) is 5.80. The minimum absolute atomic E-state index is 0.244. The van der Waals surface area contributed by atoms with E-state index in [0.717, 1.165) is 37.0 Å². The highest BCUT2D eigenvalue weighted by molar-refractivity contribution is 5.82. The highest BCUT2D eigenvalue weighted by atomic mass is 16.3. The first-order chi connectivity index (χ1) is 14.0. The van der Waals surface area contributed by atoms with Crippen LogP contribution in [0.1, 0.15) is 98.8 Å². The number of allylic oxidation sites excluding steroid dienone is 2. The molecular formula is C27H44O3. The highest BCUT2D eigenvalue weighted by Gasteiger charge is 2.59. The monoisotopic (exact) mass is 416 g/mol. The van der Waals surface area contributed by atoms with Crippen LogP contribution in [0.25, 0.3) is 0 Å². The zero-order chi connectivity index (χ0) is 21.9. The number of Topliss-reactive ketones (excluding diaryl/α,β-unsaturated/α-hetero) is 1. The van der Waals surface area contributed by atoms with E-state index in [-0.39, 0.29) is 17.4 Å². The zero-order valence-corrected chi connectivity index (χ0v) is 19.9. The van der Waals surface area contributed by atoms with Crippen LogP contribution in [0, 0.1) is 40.4 Å². The molecule has 0 aromatic rings. The van der Waals surface area contributed by atoms with E-state index in [4.69, 9.17) is 0 Å². The molecule has 3 saturated carbocycles. The molecule has 3 nitrogen and oxygen atoms in total. The third-order valence-corrected chi connectivity index (χ3v) is 10.3. The van der Waals surface area contributed by atoms with Gasteiger partial charge in [-0.1, -0.05) is 32.4 Å². The third kappa shape index (κ3) is 3.72. The van der Waals surface area contributed by atoms with Crippen molar-refractivity contribution >= 4 is 5.78 Å². The van der Waals surface area contributed by atoms with Crippen LogP contribution in [0.15, 0.2) is 11.6 Å².